The van der Waals surface area contributed by atoms with Crippen molar-refractivity contribution in [3.8, 4) is 5.75 Å². The number of nitrogens with zero attached hydrogens (tertiary/aromatic N) is 1. The Kier molecular flexibility index (Phi) is 7.40. The van der Waals surface area contributed by atoms with E-state index in [9.17, 15) is 4.79 Å². The Morgan fingerprint density at radius 2 is 1.91 bits per heavy atom. The van der Waals surface area contributed by atoms with Crippen LogP contribution in [-0.2, 0) is 11.4 Å². The van der Waals surface area contributed by atoms with Gasteiger partial charge in [0, 0.05) is 15.1 Å². The predicted octanol–water partition coefficient (Wildman–Crippen LogP) is 7.64. The summed E-state index contributed by atoms with van der Waals surface area (Å²) in [5.74, 6) is 0.451. The van der Waals surface area contributed by atoms with Crippen molar-refractivity contribution in [3.63, 3.8) is 0 Å². The van der Waals surface area contributed by atoms with Crippen molar-refractivity contribution in [2.24, 2.45) is 4.99 Å². The molecule has 0 radical (unpaired) electrons. The van der Waals surface area contributed by atoms with Crippen LogP contribution in [0.3, 0.4) is 0 Å². The number of aliphatic imine (C=N–C) groups is 1. The Labute approximate surface area is 212 Å². The summed E-state index contributed by atoms with van der Waals surface area (Å²) in [5, 5.41) is 3.93. The normalized spacial score (nSPS) is 15.9. The zero-order valence-corrected chi connectivity index (χ0v) is 21.6. The predicted molar refractivity (Wildman–Crippen MR) is 140 cm³/mol. The molecule has 0 saturated carbocycles. The number of carbonyl (C=O) groups is 1. The van der Waals surface area contributed by atoms with E-state index in [0.29, 0.717) is 27.5 Å². The number of rotatable bonds is 5. The maximum atomic E-state index is 12.6. The third-order valence-corrected chi connectivity index (χ3v) is 6.79. The first-order valence-corrected chi connectivity index (χ1v) is 12.4. The van der Waals surface area contributed by atoms with E-state index in [2.05, 4.69) is 42.2 Å². The molecule has 1 N–H and O–H groups in total. The minimum atomic E-state index is -0.210. The number of carbonyl (C=O) groups excluding carboxylic acids is 1. The number of ether oxygens (including phenoxy) is 1. The number of halogens is 3. The summed E-state index contributed by atoms with van der Waals surface area (Å²) in [4.78, 5) is 17.7. The summed E-state index contributed by atoms with van der Waals surface area (Å²) >= 11 is 14.5. The molecule has 3 aromatic rings. The van der Waals surface area contributed by atoms with Gasteiger partial charge in [0.2, 0.25) is 0 Å². The first kappa shape index (κ1) is 23.1. The number of amidine groups is 1. The minimum absolute atomic E-state index is 0.210. The highest BCUT2D eigenvalue weighted by Gasteiger charge is 2.25. The van der Waals surface area contributed by atoms with E-state index in [4.69, 9.17) is 16.3 Å². The van der Waals surface area contributed by atoms with Gasteiger partial charge in [-0.2, -0.15) is 0 Å². The van der Waals surface area contributed by atoms with Gasteiger partial charge in [0.1, 0.15) is 12.4 Å². The van der Waals surface area contributed by atoms with Crippen molar-refractivity contribution in [2.45, 2.75) is 13.5 Å². The van der Waals surface area contributed by atoms with Crippen LogP contribution in [0.1, 0.15) is 16.7 Å². The van der Waals surface area contributed by atoms with Crippen LogP contribution in [-0.4, -0.2) is 11.1 Å². The summed E-state index contributed by atoms with van der Waals surface area (Å²) in [6.45, 7) is 2.36. The highest BCUT2D eigenvalue weighted by Crippen LogP contribution is 2.37. The second kappa shape index (κ2) is 10.3. The quantitative estimate of drug-likeness (QED) is 0.310. The lowest BCUT2D eigenvalue weighted by Gasteiger charge is -2.12. The van der Waals surface area contributed by atoms with E-state index < -0.39 is 0 Å². The Morgan fingerprint density at radius 1 is 1.12 bits per heavy atom. The molecular weight excluding hydrogens is 576 g/mol. The number of aryl methyl sites for hydroxylation is 1. The second-order valence-corrected chi connectivity index (χ2v) is 10.2. The Bertz CT molecular complexity index is 1250. The molecule has 0 spiro atoms. The minimum Gasteiger partial charge on any atom is -0.487 e. The highest BCUT2D eigenvalue weighted by atomic mass is 79.9. The molecule has 0 atom stereocenters. The van der Waals surface area contributed by atoms with Crippen LogP contribution in [0.4, 0.5) is 5.69 Å². The molecule has 3 aromatic carbocycles. The van der Waals surface area contributed by atoms with E-state index in [1.54, 1.807) is 6.07 Å². The fraction of sp³-hybridized carbons (Fsp3) is 0.0833. The molecule has 0 unspecified atom stereocenters. The van der Waals surface area contributed by atoms with Crippen molar-refractivity contribution in [1.29, 1.82) is 0 Å². The molecule has 1 saturated heterocycles. The molecule has 8 heteroatoms. The van der Waals surface area contributed by atoms with Gasteiger partial charge in [-0.05, 0) is 76.1 Å². The van der Waals surface area contributed by atoms with Gasteiger partial charge in [0.15, 0.2) is 5.17 Å². The molecule has 1 aliphatic rings. The maximum Gasteiger partial charge on any atom is 0.264 e. The molecule has 0 aromatic heterocycles. The molecule has 1 amide bonds. The Balaban J connectivity index is 1.62. The van der Waals surface area contributed by atoms with Crippen LogP contribution in [0.15, 0.2) is 79.5 Å². The van der Waals surface area contributed by atoms with E-state index in [1.807, 2.05) is 67.6 Å². The number of amides is 1. The van der Waals surface area contributed by atoms with Crippen LogP contribution in [0.2, 0.25) is 5.02 Å². The molecular formula is C24H17Br2ClN2O2S. The number of hydrogen-bond donors (Lipinski definition) is 1. The zero-order chi connectivity index (χ0) is 22.7. The summed E-state index contributed by atoms with van der Waals surface area (Å²) in [6, 6.07) is 19.2. The van der Waals surface area contributed by atoms with Gasteiger partial charge in [0.05, 0.1) is 15.1 Å². The topological polar surface area (TPSA) is 50.7 Å². The van der Waals surface area contributed by atoms with Crippen molar-refractivity contribution in [2.75, 3.05) is 0 Å². The number of benzene rings is 3. The van der Waals surface area contributed by atoms with Gasteiger partial charge in [-0.1, -0.05) is 63.9 Å². The lowest BCUT2D eigenvalue weighted by Crippen LogP contribution is -2.19. The van der Waals surface area contributed by atoms with Gasteiger partial charge in [0.25, 0.3) is 5.91 Å². The van der Waals surface area contributed by atoms with Gasteiger partial charge >= 0.3 is 0 Å². The van der Waals surface area contributed by atoms with E-state index >= 15 is 0 Å². The second-order valence-electron chi connectivity index (χ2n) is 6.99. The molecule has 162 valence electrons. The van der Waals surface area contributed by atoms with Crippen molar-refractivity contribution < 1.29 is 9.53 Å². The first-order chi connectivity index (χ1) is 15.4. The van der Waals surface area contributed by atoms with E-state index in [-0.39, 0.29) is 5.91 Å². The molecule has 4 rings (SSSR count). The monoisotopic (exact) mass is 590 g/mol. The SMILES string of the molecule is Cc1ccc(Cl)cc1N=C1NC(=O)/C(=C/c2cc(Br)cc(Br)c2OCc2ccccc2)S1. The van der Waals surface area contributed by atoms with Gasteiger partial charge in [-0.25, -0.2) is 4.99 Å². The molecule has 1 heterocycles. The average molecular weight is 593 g/mol. The fourth-order valence-corrected chi connectivity index (χ4v) is 5.37. The van der Waals surface area contributed by atoms with Crippen molar-refractivity contribution in [3.05, 3.63) is 96.2 Å². The Morgan fingerprint density at radius 3 is 2.69 bits per heavy atom. The lowest BCUT2D eigenvalue weighted by molar-refractivity contribution is -0.115. The third-order valence-electron chi connectivity index (χ3n) is 4.59. The maximum absolute atomic E-state index is 12.6. The van der Waals surface area contributed by atoms with E-state index in [1.165, 1.54) is 11.8 Å². The molecule has 1 aliphatic heterocycles. The number of hydrogen-bond acceptors (Lipinski definition) is 4. The van der Waals surface area contributed by atoms with E-state index in [0.717, 1.165) is 31.3 Å². The third kappa shape index (κ3) is 5.64. The summed E-state index contributed by atoms with van der Waals surface area (Å²) in [6.07, 6.45) is 1.81. The summed E-state index contributed by atoms with van der Waals surface area (Å²) < 4.78 is 7.77. The van der Waals surface area contributed by atoms with Crippen LogP contribution in [0.25, 0.3) is 6.08 Å². The molecule has 1 fully saturated rings. The van der Waals surface area contributed by atoms with Crippen LogP contribution >= 0.6 is 55.2 Å². The fourth-order valence-electron chi connectivity index (χ4n) is 3.00. The van der Waals surface area contributed by atoms with Gasteiger partial charge in [-0.15, -0.1) is 0 Å². The molecule has 32 heavy (non-hydrogen) atoms. The summed E-state index contributed by atoms with van der Waals surface area (Å²) in [5.41, 5.74) is 3.53. The zero-order valence-electron chi connectivity index (χ0n) is 16.9. The van der Waals surface area contributed by atoms with Crippen molar-refractivity contribution >= 4 is 78.1 Å². The smallest absolute Gasteiger partial charge is 0.264 e. The average Bonchev–Trinajstić information content (AvgIpc) is 3.09. The van der Waals surface area contributed by atoms with Gasteiger partial charge in [-0.3, -0.25) is 4.79 Å². The molecule has 4 nitrogen and oxygen atoms in total. The number of nitrogens with one attached hydrogen (secondary N) is 1. The highest BCUT2D eigenvalue weighted by molar-refractivity contribution is 9.11. The van der Waals surface area contributed by atoms with Crippen molar-refractivity contribution in [1.82, 2.24) is 5.32 Å². The molecule has 0 bridgehead atoms. The largest absolute Gasteiger partial charge is 0.487 e. The van der Waals surface area contributed by atoms with Crippen LogP contribution in [0, 0.1) is 6.92 Å². The summed E-state index contributed by atoms with van der Waals surface area (Å²) in [7, 11) is 0. The lowest BCUT2D eigenvalue weighted by atomic mass is 10.1. The number of thioether (sulfide) groups is 1. The van der Waals surface area contributed by atoms with Crippen LogP contribution in [0.5, 0.6) is 5.75 Å². The Hall–Kier alpha value is -2.06. The van der Waals surface area contributed by atoms with Crippen LogP contribution < -0.4 is 10.1 Å². The van der Waals surface area contributed by atoms with Gasteiger partial charge < -0.3 is 10.1 Å². The standard InChI is InChI=1S/C24H17Br2ClN2O2S/c1-14-7-8-18(27)12-20(14)28-24-29-23(30)21(32-24)10-16-9-17(25)11-19(26)22(16)31-13-15-5-3-2-4-6-15/h2-12H,13H2,1H3,(H,28,29,30)/b21-10-. The first-order valence-electron chi connectivity index (χ1n) is 9.60. The molecule has 0 aliphatic carbocycles.